The first-order valence-corrected chi connectivity index (χ1v) is 5.71. The lowest BCUT2D eigenvalue weighted by molar-refractivity contribution is -0.125. The van der Waals surface area contributed by atoms with Gasteiger partial charge in [-0.1, -0.05) is 0 Å². The van der Waals surface area contributed by atoms with Crippen LogP contribution in [0.5, 0.6) is 0 Å². The van der Waals surface area contributed by atoms with Crippen molar-refractivity contribution in [2.24, 2.45) is 0 Å². The van der Waals surface area contributed by atoms with E-state index < -0.39 is 12.0 Å². The summed E-state index contributed by atoms with van der Waals surface area (Å²) in [4.78, 5) is 35.6. The van der Waals surface area contributed by atoms with Gasteiger partial charge in [0.15, 0.2) is 0 Å². The molecule has 0 aliphatic carbocycles. The number of carboxylic acids is 1. The molecule has 1 aromatic heterocycles. The average molecular weight is 254 g/mol. The summed E-state index contributed by atoms with van der Waals surface area (Å²) in [5.41, 5.74) is 0.692. The van der Waals surface area contributed by atoms with Gasteiger partial charge in [0.2, 0.25) is 5.91 Å². The summed E-state index contributed by atoms with van der Waals surface area (Å²) in [7, 11) is 0. The third kappa shape index (κ3) is 2.14. The molecule has 1 aliphatic heterocycles. The molecule has 0 spiro atoms. The highest BCUT2D eigenvalue weighted by atomic mass is 32.1. The average Bonchev–Trinajstić information content (AvgIpc) is 2.77. The van der Waals surface area contributed by atoms with Gasteiger partial charge in [0.1, 0.15) is 4.88 Å². The minimum Gasteiger partial charge on any atom is -0.477 e. The predicted molar refractivity (Wildman–Crippen MR) is 60.0 cm³/mol. The molecule has 0 radical (unpaired) electrons. The van der Waals surface area contributed by atoms with Gasteiger partial charge >= 0.3 is 12.0 Å². The zero-order valence-corrected chi connectivity index (χ0v) is 9.84. The van der Waals surface area contributed by atoms with Crippen LogP contribution in [0.3, 0.4) is 0 Å². The molecule has 2 rings (SSSR count). The van der Waals surface area contributed by atoms with Crippen molar-refractivity contribution in [2.75, 3.05) is 6.54 Å². The maximum absolute atomic E-state index is 11.4. The minimum absolute atomic E-state index is 0.00774. The highest BCUT2D eigenvalue weighted by Crippen LogP contribution is 2.23. The number of imide groups is 1. The number of carboxylic acid groups (broad SMARTS) is 1. The zero-order chi connectivity index (χ0) is 12.6. The number of aryl methyl sites for hydroxylation is 1. The minimum atomic E-state index is -0.999. The molecule has 1 fully saturated rings. The molecule has 6 nitrogen and oxygen atoms in total. The second-order valence-corrected chi connectivity index (χ2v) is 4.89. The molecule has 2 N–H and O–H groups in total. The quantitative estimate of drug-likeness (QED) is 0.781. The SMILES string of the molecule is Cc1sc(C(=O)O)cc1CN1C(=O)CNC1=O. The van der Waals surface area contributed by atoms with E-state index in [0.29, 0.717) is 5.56 Å². The number of rotatable bonds is 3. The zero-order valence-electron chi connectivity index (χ0n) is 9.02. The largest absolute Gasteiger partial charge is 0.477 e. The van der Waals surface area contributed by atoms with Crippen LogP contribution >= 0.6 is 11.3 Å². The third-order valence-electron chi connectivity index (χ3n) is 2.50. The van der Waals surface area contributed by atoms with Crippen molar-refractivity contribution in [3.63, 3.8) is 0 Å². The number of hydrogen-bond acceptors (Lipinski definition) is 4. The number of carbonyl (C=O) groups is 3. The molecule has 0 bridgehead atoms. The van der Waals surface area contributed by atoms with E-state index in [1.54, 1.807) is 6.92 Å². The normalized spacial score (nSPS) is 15.2. The number of hydrogen-bond donors (Lipinski definition) is 2. The lowest BCUT2D eigenvalue weighted by Gasteiger charge is -2.11. The molecule has 0 atom stereocenters. The summed E-state index contributed by atoms with van der Waals surface area (Å²) in [5.74, 6) is -1.29. The number of thiophene rings is 1. The summed E-state index contributed by atoms with van der Waals surface area (Å²) in [6.45, 7) is 1.90. The molecule has 90 valence electrons. The second kappa shape index (κ2) is 4.17. The van der Waals surface area contributed by atoms with Gasteiger partial charge in [-0.25, -0.2) is 9.59 Å². The first-order chi connectivity index (χ1) is 7.99. The molecule has 7 heteroatoms. The molecule has 1 aromatic rings. The number of nitrogens with zero attached hydrogens (tertiary/aromatic N) is 1. The Morgan fingerprint density at radius 1 is 1.59 bits per heavy atom. The molecular weight excluding hydrogens is 244 g/mol. The smallest absolute Gasteiger partial charge is 0.345 e. The van der Waals surface area contributed by atoms with Gasteiger partial charge in [-0.2, -0.15) is 0 Å². The predicted octanol–water partition coefficient (Wildman–Crippen LogP) is 0.807. The van der Waals surface area contributed by atoms with Gasteiger partial charge in [0.05, 0.1) is 13.1 Å². The van der Waals surface area contributed by atoms with Crippen molar-refractivity contribution < 1.29 is 19.5 Å². The summed E-state index contributed by atoms with van der Waals surface area (Å²) < 4.78 is 0. The summed E-state index contributed by atoms with van der Waals surface area (Å²) in [6, 6.07) is 1.07. The fourth-order valence-electron chi connectivity index (χ4n) is 1.57. The van der Waals surface area contributed by atoms with Gasteiger partial charge in [0, 0.05) is 4.88 Å². The third-order valence-corrected chi connectivity index (χ3v) is 3.58. The van der Waals surface area contributed by atoms with Crippen molar-refractivity contribution in [3.05, 3.63) is 21.4 Å². The van der Waals surface area contributed by atoms with Gasteiger partial charge in [0.25, 0.3) is 0 Å². The van der Waals surface area contributed by atoms with Crippen LogP contribution in [-0.2, 0) is 11.3 Å². The Hall–Kier alpha value is -1.89. The fraction of sp³-hybridized carbons (Fsp3) is 0.300. The summed E-state index contributed by atoms with van der Waals surface area (Å²) in [5, 5.41) is 11.3. The van der Waals surface area contributed by atoms with Crippen molar-refractivity contribution in [3.8, 4) is 0 Å². The van der Waals surface area contributed by atoms with E-state index in [4.69, 9.17) is 5.11 Å². The van der Waals surface area contributed by atoms with Gasteiger partial charge in [-0.3, -0.25) is 9.69 Å². The summed E-state index contributed by atoms with van der Waals surface area (Å²) in [6.07, 6.45) is 0. The molecule has 3 amide bonds. The Morgan fingerprint density at radius 2 is 2.29 bits per heavy atom. The van der Waals surface area contributed by atoms with Crippen LogP contribution in [0.1, 0.15) is 20.1 Å². The van der Waals surface area contributed by atoms with Crippen molar-refractivity contribution in [1.29, 1.82) is 0 Å². The summed E-state index contributed by atoms with van der Waals surface area (Å²) >= 11 is 1.14. The second-order valence-electron chi connectivity index (χ2n) is 3.64. The van der Waals surface area contributed by atoms with Crippen LogP contribution in [0.4, 0.5) is 4.79 Å². The maximum Gasteiger partial charge on any atom is 0.345 e. The van der Waals surface area contributed by atoms with E-state index in [0.717, 1.165) is 21.1 Å². The Morgan fingerprint density at radius 3 is 2.76 bits per heavy atom. The Bertz CT molecular complexity index is 492. The van der Waals surface area contributed by atoms with Crippen LogP contribution in [0.25, 0.3) is 0 Å². The van der Waals surface area contributed by atoms with Crippen LogP contribution < -0.4 is 5.32 Å². The first-order valence-electron chi connectivity index (χ1n) is 4.90. The van der Waals surface area contributed by atoms with Crippen molar-refractivity contribution >= 4 is 29.2 Å². The Labute approximate surface area is 101 Å². The van der Waals surface area contributed by atoms with E-state index in [-0.39, 0.29) is 23.9 Å². The van der Waals surface area contributed by atoms with E-state index in [1.807, 2.05) is 0 Å². The van der Waals surface area contributed by atoms with Crippen LogP contribution in [-0.4, -0.2) is 34.5 Å². The number of aromatic carboxylic acids is 1. The monoisotopic (exact) mass is 254 g/mol. The molecule has 17 heavy (non-hydrogen) atoms. The molecule has 0 saturated carbocycles. The lowest BCUT2D eigenvalue weighted by atomic mass is 10.2. The molecule has 2 heterocycles. The molecule has 1 aliphatic rings. The van der Waals surface area contributed by atoms with Gasteiger partial charge < -0.3 is 10.4 Å². The van der Waals surface area contributed by atoms with E-state index in [1.165, 1.54) is 6.07 Å². The standard InChI is InChI=1S/C10H10N2O4S/c1-5-6(2-7(17-5)9(14)15)4-12-8(13)3-11-10(12)16/h2H,3-4H2,1H3,(H,11,16)(H,14,15). The van der Waals surface area contributed by atoms with Gasteiger partial charge in [-0.05, 0) is 18.6 Å². The highest BCUT2D eigenvalue weighted by Gasteiger charge is 2.29. The van der Waals surface area contributed by atoms with Crippen LogP contribution in [0.2, 0.25) is 0 Å². The number of amides is 3. The number of nitrogens with one attached hydrogen (secondary N) is 1. The molecule has 0 unspecified atom stereocenters. The highest BCUT2D eigenvalue weighted by molar-refractivity contribution is 7.14. The topological polar surface area (TPSA) is 86.7 Å². The van der Waals surface area contributed by atoms with E-state index in [2.05, 4.69) is 5.32 Å². The van der Waals surface area contributed by atoms with Gasteiger partial charge in [-0.15, -0.1) is 11.3 Å². The lowest BCUT2D eigenvalue weighted by Crippen LogP contribution is -2.30. The van der Waals surface area contributed by atoms with E-state index in [9.17, 15) is 14.4 Å². The Balaban J connectivity index is 2.21. The van der Waals surface area contributed by atoms with E-state index >= 15 is 0 Å². The number of urea groups is 1. The molecular formula is C10H10N2O4S. The maximum atomic E-state index is 11.4. The van der Waals surface area contributed by atoms with Crippen molar-refractivity contribution in [1.82, 2.24) is 10.2 Å². The molecule has 0 aromatic carbocycles. The van der Waals surface area contributed by atoms with Crippen LogP contribution in [0.15, 0.2) is 6.07 Å². The number of carbonyl (C=O) groups excluding carboxylic acids is 2. The first kappa shape index (κ1) is 11.6. The van der Waals surface area contributed by atoms with Crippen molar-refractivity contribution in [2.45, 2.75) is 13.5 Å². The Kier molecular flexibility index (Phi) is 2.84. The molecule has 1 saturated heterocycles. The van der Waals surface area contributed by atoms with Crippen LogP contribution in [0, 0.1) is 6.92 Å². The fourth-order valence-corrected chi connectivity index (χ4v) is 2.44.